The van der Waals surface area contributed by atoms with Crippen LogP contribution in [0.5, 0.6) is 5.75 Å². The van der Waals surface area contributed by atoms with Crippen LogP contribution < -0.4 is 10.1 Å². The highest BCUT2D eigenvalue weighted by molar-refractivity contribution is 5.35. The molecular weight excluding hydrogens is 242 g/mol. The standard InChI is InChI=1S/C15H19NO3/c1-11(12-6-3-4-7-14(12)18-2)16-10-13(17)15-8-5-9-19-15/h3-9,11,13,16-17H,10H2,1-2H3/t11-,13?/m1/s1. The summed E-state index contributed by atoms with van der Waals surface area (Å²) < 4.78 is 10.5. The van der Waals surface area contributed by atoms with Gasteiger partial charge in [0, 0.05) is 18.2 Å². The fraction of sp³-hybridized carbons (Fsp3) is 0.333. The molecule has 2 aromatic rings. The molecule has 0 amide bonds. The summed E-state index contributed by atoms with van der Waals surface area (Å²) >= 11 is 0. The molecule has 0 fully saturated rings. The number of nitrogens with one attached hydrogen (secondary N) is 1. The van der Waals surface area contributed by atoms with Gasteiger partial charge in [-0.05, 0) is 25.1 Å². The fourth-order valence-electron chi connectivity index (χ4n) is 2.00. The van der Waals surface area contributed by atoms with Gasteiger partial charge in [-0.3, -0.25) is 0 Å². The van der Waals surface area contributed by atoms with Gasteiger partial charge in [-0.15, -0.1) is 0 Å². The lowest BCUT2D eigenvalue weighted by atomic mass is 10.1. The van der Waals surface area contributed by atoms with Gasteiger partial charge in [0.25, 0.3) is 0 Å². The van der Waals surface area contributed by atoms with Crippen LogP contribution in [0.1, 0.15) is 30.4 Å². The van der Waals surface area contributed by atoms with Crippen molar-refractivity contribution in [3.05, 3.63) is 54.0 Å². The van der Waals surface area contributed by atoms with Gasteiger partial charge < -0.3 is 19.6 Å². The first-order valence-corrected chi connectivity index (χ1v) is 6.30. The molecule has 2 N–H and O–H groups in total. The normalized spacial score (nSPS) is 14.1. The quantitative estimate of drug-likeness (QED) is 0.839. The van der Waals surface area contributed by atoms with Crippen LogP contribution in [0.25, 0.3) is 0 Å². The van der Waals surface area contributed by atoms with E-state index in [0.29, 0.717) is 12.3 Å². The van der Waals surface area contributed by atoms with E-state index in [0.717, 1.165) is 11.3 Å². The summed E-state index contributed by atoms with van der Waals surface area (Å²) in [5.41, 5.74) is 1.07. The number of furan rings is 1. The van der Waals surface area contributed by atoms with Crippen LogP contribution in [0.15, 0.2) is 47.1 Å². The Bertz CT molecular complexity index is 496. The van der Waals surface area contributed by atoms with Gasteiger partial charge in [0.15, 0.2) is 0 Å². The Balaban J connectivity index is 1.96. The smallest absolute Gasteiger partial charge is 0.133 e. The lowest BCUT2D eigenvalue weighted by Crippen LogP contribution is -2.24. The monoisotopic (exact) mass is 261 g/mol. The zero-order valence-electron chi connectivity index (χ0n) is 11.2. The molecule has 0 saturated heterocycles. The van der Waals surface area contributed by atoms with Crippen molar-refractivity contribution in [2.75, 3.05) is 13.7 Å². The zero-order chi connectivity index (χ0) is 13.7. The van der Waals surface area contributed by atoms with Crippen LogP contribution >= 0.6 is 0 Å². The SMILES string of the molecule is COc1ccccc1[C@@H](C)NCC(O)c1ccco1. The minimum atomic E-state index is -0.646. The topological polar surface area (TPSA) is 54.6 Å². The molecule has 2 rings (SSSR count). The average Bonchev–Trinajstić information content (AvgIpc) is 2.98. The molecule has 0 radical (unpaired) electrons. The van der Waals surface area contributed by atoms with E-state index in [4.69, 9.17) is 9.15 Å². The lowest BCUT2D eigenvalue weighted by Gasteiger charge is -2.18. The Labute approximate surface area is 113 Å². The van der Waals surface area contributed by atoms with Crippen molar-refractivity contribution in [1.29, 1.82) is 0 Å². The summed E-state index contributed by atoms with van der Waals surface area (Å²) in [4.78, 5) is 0. The van der Waals surface area contributed by atoms with Gasteiger partial charge in [0.2, 0.25) is 0 Å². The van der Waals surface area contributed by atoms with Crippen LogP contribution in [-0.2, 0) is 0 Å². The number of ether oxygens (including phenoxy) is 1. The van der Waals surface area contributed by atoms with Crippen molar-refractivity contribution in [3.8, 4) is 5.75 Å². The first-order valence-electron chi connectivity index (χ1n) is 6.30. The molecule has 0 aliphatic heterocycles. The number of benzene rings is 1. The van der Waals surface area contributed by atoms with E-state index >= 15 is 0 Å². The summed E-state index contributed by atoms with van der Waals surface area (Å²) in [5.74, 6) is 1.41. The first-order chi connectivity index (χ1) is 9.22. The molecule has 1 aromatic carbocycles. The summed E-state index contributed by atoms with van der Waals surface area (Å²) in [5, 5.41) is 13.2. The van der Waals surface area contributed by atoms with Crippen LogP contribution in [0.2, 0.25) is 0 Å². The second-order valence-corrected chi connectivity index (χ2v) is 4.40. The Hall–Kier alpha value is -1.78. The highest BCUT2D eigenvalue weighted by Crippen LogP contribution is 2.24. The third kappa shape index (κ3) is 3.36. The molecule has 0 saturated carbocycles. The van der Waals surface area contributed by atoms with E-state index in [1.807, 2.05) is 31.2 Å². The average molecular weight is 261 g/mol. The van der Waals surface area contributed by atoms with Gasteiger partial charge in [0.1, 0.15) is 17.6 Å². The van der Waals surface area contributed by atoms with Gasteiger partial charge in [0.05, 0.1) is 13.4 Å². The molecule has 1 aromatic heterocycles. The predicted molar refractivity (Wildman–Crippen MR) is 73.1 cm³/mol. The Morgan fingerprint density at radius 3 is 2.74 bits per heavy atom. The van der Waals surface area contributed by atoms with E-state index in [9.17, 15) is 5.11 Å². The van der Waals surface area contributed by atoms with Gasteiger partial charge in [-0.25, -0.2) is 0 Å². The van der Waals surface area contributed by atoms with E-state index in [2.05, 4.69) is 5.32 Å². The van der Waals surface area contributed by atoms with Gasteiger partial charge in [-0.1, -0.05) is 18.2 Å². The summed E-state index contributed by atoms with van der Waals surface area (Å²) in [6.45, 7) is 2.46. The molecule has 0 aliphatic carbocycles. The van der Waals surface area contributed by atoms with Crippen LogP contribution in [-0.4, -0.2) is 18.8 Å². The maximum Gasteiger partial charge on any atom is 0.133 e. The van der Waals surface area contributed by atoms with Crippen molar-refractivity contribution >= 4 is 0 Å². The molecule has 2 atom stereocenters. The number of aliphatic hydroxyl groups excluding tert-OH is 1. The molecule has 4 nitrogen and oxygen atoms in total. The van der Waals surface area contributed by atoms with Crippen molar-refractivity contribution in [2.45, 2.75) is 19.1 Å². The number of para-hydroxylation sites is 1. The zero-order valence-corrected chi connectivity index (χ0v) is 11.2. The second kappa shape index (κ2) is 6.41. The van der Waals surface area contributed by atoms with Crippen LogP contribution in [0.3, 0.4) is 0 Å². The first kappa shape index (κ1) is 13.6. The Kier molecular flexibility index (Phi) is 4.60. The molecule has 1 unspecified atom stereocenters. The maximum absolute atomic E-state index is 9.94. The number of rotatable bonds is 6. The van der Waals surface area contributed by atoms with E-state index < -0.39 is 6.10 Å². The Morgan fingerprint density at radius 1 is 1.26 bits per heavy atom. The van der Waals surface area contributed by atoms with Crippen molar-refractivity contribution in [2.24, 2.45) is 0 Å². The summed E-state index contributed by atoms with van der Waals surface area (Å²) in [6, 6.07) is 11.5. The van der Waals surface area contributed by atoms with E-state index in [1.54, 1.807) is 25.5 Å². The predicted octanol–water partition coefficient (Wildman–Crippen LogP) is 2.67. The Morgan fingerprint density at radius 2 is 2.05 bits per heavy atom. The summed E-state index contributed by atoms with van der Waals surface area (Å²) in [7, 11) is 1.66. The largest absolute Gasteiger partial charge is 0.496 e. The van der Waals surface area contributed by atoms with E-state index in [1.165, 1.54) is 0 Å². The molecular formula is C15H19NO3. The molecule has 4 heteroatoms. The molecule has 0 bridgehead atoms. The fourth-order valence-corrected chi connectivity index (χ4v) is 2.00. The third-order valence-electron chi connectivity index (χ3n) is 3.09. The number of methoxy groups -OCH3 is 1. The van der Waals surface area contributed by atoms with Crippen molar-refractivity contribution < 1.29 is 14.3 Å². The molecule has 0 spiro atoms. The minimum absolute atomic E-state index is 0.0840. The molecule has 1 heterocycles. The maximum atomic E-state index is 9.94. The third-order valence-corrected chi connectivity index (χ3v) is 3.09. The van der Waals surface area contributed by atoms with Gasteiger partial charge in [-0.2, -0.15) is 0 Å². The van der Waals surface area contributed by atoms with Crippen LogP contribution in [0.4, 0.5) is 0 Å². The minimum Gasteiger partial charge on any atom is -0.496 e. The highest BCUT2D eigenvalue weighted by atomic mass is 16.5. The lowest BCUT2D eigenvalue weighted by molar-refractivity contribution is 0.144. The van der Waals surface area contributed by atoms with Crippen molar-refractivity contribution in [3.63, 3.8) is 0 Å². The molecule has 102 valence electrons. The van der Waals surface area contributed by atoms with Gasteiger partial charge >= 0.3 is 0 Å². The highest BCUT2D eigenvalue weighted by Gasteiger charge is 2.14. The number of aliphatic hydroxyl groups is 1. The summed E-state index contributed by atoms with van der Waals surface area (Å²) in [6.07, 6.45) is 0.912. The van der Waals surface area contributed by atoms with E-state index in [-0.39, 0.29) is 6.04 Å². The number of hydrogen-bond acceptors (Lipinski definition) is 4. The molecule has 0 aliphatic rings. The van der Waals surface area contributed by atoms with Crippen LogP contribution in [0, 0.1) is 0 Å². The van der Waals surface area contributed by atoms with Crippen molar-refractivity contribution in [1.82, 2.24) is 5.32 Å². The number of hydrogen-bond donors (Lipinski definition) is 2. The molecule has 19 heavy (non-hydrogen) atoms. The second-order valence-electron chi connectivity index (χ2n) is 4.40.